The van der Waals surface area contributed by atoms with Crippen molar-refractivity contribution in [3.63, 3.8) is 0 Å². The molecule has 8 nitrogen and oxygen atoms in total. The molecular weight excluding hydrogens is 428 g/mol. The fraction of sp³-hybridized carbons (Fsp3) is 0.300. The third kappa shape index (κ3) is 4.49. The van der Waals surface area contributed by atoms with Crippen molar-refractivity contribution in [2.24, 2.45) is 10.7 Å². The van der Waals surface area contributed by atoms with Gasteiger partial charge in [-0.3, -0.25) is 5.41 Å². The number of fused-ring (bicyclic) bond motifs is 1. The van der Waals surface area contributed by atoms with Crippen molar-refractivity contribution in [1.82, 2.24) is 0 Å². The van der Waals surface area contributed by atoms with E-state index in [4.69, 9.17) is 47.4 Å². The molecule has 0 amide bonds. The Morgan fingerprint density at radius 1 is 0.967 bits per heavy atom. The Morgan fingerprint density at radius 3 is 2.23 bits per heavy atom. The Balaban J connectivity index is 2.17. The van der Waals surface area contributed by atoms with E-state index in [2.05, 4.69) is 4.99 Å². The first-order chi connectivity index (χ1) is 14.5. The minimum atomic E-state index is -0.0378. The number of nitrogens with one attached hydrogen (secondary N) is 1. The van der Waals surface area contributed by atoms with Gasteiger partial charge in [0, 0.05) is 24.8 Å². The molecule has 0 bridgehead atoms. The number of methoxy groups -OCH3 is 2. The van der Waals surface area contributed by atoms with E-state index in [0.29, 0.717) is 51.4 Å². The summed E-state index contributed by atoms with van der Waals surface area (Å²) in [5.41, 5.74) is 13.7. The molecular formula is C20H23ClN4O4S. The lowest BCUT2D eigenvalue weighted by Gasteiger charge is -2.21. The van der Waals surface area contributed by atoms with E-state index in [0.717, 1.165) is 4.90 Å². The first-order valence-electron chi connectivity index (χ1n) is 9.08. The molecule has 160 valence electrons. The number of nitrogens with zero attached hydrogens (tertiary/aromatic N) is 1. The zero-order chi connectivity index (χ0) is 21.7. The average molecular weight is 451 g/mol. The van der Waals surface area contributed by atoms with Gasteiger partial charge in [0.1, 0.15) is 29.8 Å². The number of anilines is 1. The van der Waals surface area contributed by atoms with E-state index in [1.165, 1.54) is 11.8 Å². The van der Waals surface area contributed by atoms with Gasteiger partial charge in [-0.15, -0.1) is 0 Å². The van der Waals surface area contributed by atoms with Crippen LogP contribution in [0.1, 0.15) is 11.1 Å². The number of benzene rings is 2. The lowest BCUT2D eigenvalue weighted by molar-refractivity contribution is 0.143. The normalized spacial score (nSPS) is 12.6. The lowest BCUT2D eigenvalue weighted by atomic mass is 10.1. The second-order valence-electron chi connectivity index (χ2n) is 6.22. The van der Waals surface area contributed by atoms with Gasteiger partial charge in [0.2, 0.25) is 0 Å². The molecule has 10 heteroatoms. The third-order valence-corrected chi connectivity index (χ3v) is 5.89. The largest absolute Gasteiger partial charge is 0.489 e. The van der Waals surface area contributed by atoms with Crippen LogP contribution in [0, 0.1) is 5.41 Å². The number of amidine groups is 2. The van der Waals surface area contributed by atoms with Crippen LogP contribution in [0.5, 0.6) is 11.5 Å². The summed E-state index contributed by atoms with van der Waals surface area (Å²) in [4.78, 5) is 5.47. The van der Waals surface area contributed by atoms with Gasteiger partial charge in [0.15, 0.2) is 11.6 Å². The van der Waals surface area contributed by atoms with Crippen LogP contribution >= 0.6 is 23.4 Å². The Bertz CT molecular complexity index is 984. The van der Waals surface area contributed by atoms with Crippen LogP contribution < -0.4 is 20.9 Å². The van der Waals surface area contributed by atoms with Gasteiger partial charge in [-0.1, -0.05) is 35.5 Å². The van der Waals surface area contributed by atoms with Crippen LogP contribution in [0.25, 0.3) is 0 Å². The fourth-order valence-corrected chi connectivity index (χ4v) is 4.20. The van der Waals surface area contributed by atoms with Crippen molar-refractivity contribution in [3.8, 4) is 11.5 Å². The number of para-hydroxylation sites is 1. The highest BCUT2D eigenvalue weighted by Crippen LogP contribution is 2.51. The van der Waals surface area contributed by atoms with Gasteiger partial charge >= 0.3 is 0 Å². The summed E-state index contributed by atoms with van der Waals surface area (Å²) in [6.45, 7) is 1.23. The predicted molar refractivity (Wildman–Crippen MR) is 119 cm³/mol. The number of hydrogen-bond donors (Lipinski definition) is 3. The maximum absolute atomic E-state index is 8.27. The van der Waals surface area contributed by atoms with Crippen LogP contribution in [0.3, 0.4) is 0 Å². The third-order valence-electron chi connectivity index (χ3n) is 4.23. The first kappa shape index (κ1) is 22.2. The van der Waals surface area contributed by atoms with Gasteiger partial charge in [-0.25, -0.2) is 4.99 Å². The number of rotatable bonds is 10. The molecule has 3 rings (SSSR count). The topological polar surface area (TPSA) is 125 Å². The average Bonchev–Trinajstić information content (AvgIpc) is 3.02. The van der Waals surface area contributed by atoms with Crippen molar-refractivity contribution in [3.05, 3.63) is 40.4 Å². The van der Waals surface area contributed by atoms with Crippen molar-refractivity contribution in [2.45, 2.75) is 9.79 Å². The zero-order valence-corrected chi connectivity index (χ0v) is 18.2. The highest BCUT2D eigenvalue weighted by atomic mass is 35.5. The summed E-state index contributed by atoms with van der Waals surface area (Å²) in [5.74, 6) is 0.861. The fourth-order valence-electron chi connectivity index (χ4n) is 2.86. The van der Waals surface area contributed by atoms with Crippen LogP contribution in [0.15, 0.2) is 39.0 Å². The maximum atomic E-state index is 8.27. The van der Waals surface area contributed by atoms with E-state index in [9.17, 15) is 0 Å². The van der Waals surface area contributed by atoms with Gasteiger partial charge in [-0.05, 0) is 12.1 Å². The minimum absolute atomic E-state index is 0.0378. The maximum Gasteiger partial charge on any atom is 0.158 e. The van der Waals surface area contributed by atoms with Crippen LogP contribution in [0.4, 0.5) is 5.69 Å². The molecule has 0 aliphatic carbocycles. The quantitative estimate of drug-likeness (QED) is 0.375. The standard InChI is InChI=1S/C20H23ClN4O4S/c1-26-7-9-28-16-13-14(20(24)25-19(13)23)17(29-10-8-27-2)18(15(16)21)30-12-6-4-3-5-11(12)22/h3-6H,7-10,22H2,1-2H3,(H3,23,24,25). The smallest absolute Gasteiger partial charge is 0.158 e. The molecule has 1 aliphatic rings. The molecule has 5 N–H and O–H groups in total. The first-order valence-corrected chi connectivity index (χ1v) is 10.3. The summed E-state index contributed by atoms with van der Waals surface area (Å²) < 4.78 is 22.0. The number of nitrogens with two attached hydrogens (primary N) is 2. The molecule has 0 aromatic heterocycles. The van der Waals surface area contributed by atoms with Crippen LogP contribution in [0.2, 0.25) is 5.02 Å². The van der Waals surface area contributed by atoms with Crippen LogP contribution in [-0.4, -0.2) is 52.3 Å². The van der Waals surface area contributed by atoms with E-state index in [1.807, 2.05) is 18.2 Å². The van der Waals surface area contributed by atoms with E-state index >= 15 is 0 Å². The predicted octanol–water partition coefficient (Wildman–Crippen LogP) is 3.17. The second kappa shape index (κ2) is 10.0. The van der Waals surface area contributed by atoms with Crippen LogP contribution in [-0.2, 0) is 9.47 Å². The number of ether oxygens (including phenoxy) is 4. The van der Waals surface area contributed by atoms with E-state index in [-0.39, 0.29) is 24.9 Å². The summed E-state index contributed by atoms with van der Waals surface area (Å²) in [6.07, 6.45) is 0. The van der Waals surface area contributed by atoms with Crippen molar-refractivity contribution in [1.29, 1.82) is 5.41 Å². The summed E-state index contributed by atoms with van der Waals surface area (Å²) in [7, 11) is 3.16. The molecule has 0 fully saturated rings. The van der Waals surface area contributed by atoms with Crippen molar-refractivity contribution >= 4 is 40.7 Å². The summed E-state index contributed by atoms with van der Waals surface area (Å²) in [5, 5.41) is 8.56. The lowest BCUT2D eigenvalue weighted by Crippen LogP contribution is -2.16. The molecule has 0 atom stereocenters. The number of hydrogen-bond acceptors (Lipinski definition) is 8. The molecule has 0 radical (unpaired) electrons. The number of aliphatic imine (C=N–C) groups is 1. The molecule has 0 spiro atoms. The number of nitrogen functional groups attached to an aromatic ring is 1. The Hall–Kier alpha value is -2.46. The molecule has 2 aromatic rings. The highest BCUT2D eigenvalue weighted by molar-refractivity contribution is 7.99. The molecule has 0 unspecified atom stereocenters. The molecule has 30 heavy (non-hydrogen) atoms. The number of halogens is 1. The SMILES string of the molecule is COCCOc1c(Cl)c(Sc2ccccc2N)c(OCCOC)c2c1C(=N)N=C2N. The van der Waals surface area contributed by atoms with Crippen molar-refractivity contribution in [2.75, 3.05) is 46.4 Å². The van der Waals surface area contributed by atoms with Gasteiger partial charge < -0.3 is 30.4 Å². The Labute approximate surface area is 184 Å². The minimum Gasteiger partial charge on any atom is -0.489 e. The van der Waals surface area contributed by atoms with E-state index in [1.54, 1.807) is 20.3 Å². The molecule has 1 heterocycles. The molecule has 2 aromatic carbocycles. The van der Waals surface area contributed by atoms with Crippen molar-refractivity contribution < 1.29 is 18.9 Å². The van der Waals surface area contributed by atoms with Gasteiger partial charge in [0.05, 0.1) is 29.2 Å². The summed E-state index contributed by atoms with van der Waals surface area (Å²) >= 11 is 8.11. The Kier molecular flexibility index (Phi) is 7.43. The second-order valence-corrected chi connectivity index (χ2v) is 7.65. The monoisotopic (exact) mass is 450 g/mol. The Morgan fingerprint density at radius 2 is 1.60 bits per heavy atom. The van der Waals surface area contributed by atoms with E-state index < -0.39 is 0 Å². The van der Waals surface area contributed by atoms with Gasteiger partial charge in [0.25, 0.3) is 0 Å². The van der Waals surface area contributed by atoms with Gasteiger partial charge in [-0.2, -0.15) is 0 Å². The molecule has 0 saturated heterocycles. The zero-order valence-electron chi connectivity index (χ0n) is 16.7. The molecule has 1 aliphatic heterocycles. The molecule has 0 saturated carbocycles. The summed E-state index contributed by atoms with van der Waals surface area (Å²) in [6, 6.07) is 7.42. The highest BCUT2D eigenvalue weighted by Gasteiger charge is 2.34.